The fraction of sp³-hybridized carbons (Fsp3) is 0.300. The lowest BCUT2D eigenvalue weighted by Gasteiger charge is -2.12. The van der Waals surface area contributed by atoms with Crippen molar-refractivity contribution in [3.63, 3.8) is 0 Å². The van der Waals surface area contributed by atoms with Gasteiger partial charge >= 0.3 is 0 Å². The third-order valence-corrected chi connectivity index (χ3v) is 2.07. The van der Waals surface area contributed by atoms with E-state index in [0.29, 0.717) is 0 Å². The van der Waals surface area contributed by atoms with Gasteiger partial charge in [-0.25, -0.2) is 0 Å². The highest BCUT2D eigenvalue weighted by molar-refractivity contribution is 5.18. The van der Waals surface area contributed by atoms with Crippen molar-refractivity contribution in [3.8, 4) is 0 Å². The van der Waals surface area contributed by atoms with Gasteiger partial charge in [0, 0.05) is 6.20 Å². The molecule has 0 spiro atoms. The van der Waals surface area contributed by atoms with Gasteiger partial charge in [0.25, 0.3) is 0 Å². The van der Waals surface area contributed by atoms with Crippen LogP contribution in [0.25, 0.3) is 0 Å². The van der Waals surface area contributed by atoms with Crippen LogP contribution in [0.3, 0.4) is 0 Å². The van der Waals surface area contributed by atoms with Crippen molar-refractivity contribution >= 4 is 0 Å². The van der Waals surface area contributed by atoms with E-state index in [1.807, 2.05) is 18.2 Å². The number of aromatic nitrogens is 2. The van der Waals surface area contributed by atoms with Crippen LogP contribution in [0.15, 0.2) is 35.1 Å². The molecule has 0 amide bonds. The third kappa shape index (κ3) is 1.70. The van der Waals surface area contributed by atoms with Crippen LogP contribution in [-0.4, -0.2) is 16.7 Å². The van der Waals surface area contributed by atoms with Crippen LogP contribution in [0.4, 0.5) is 0 Å². The van der Waals surface area contributed by atoms with Gasteiger partial charge in [-0.2, -0.15) is 5.10 Å². The first-order valence-electron chi connectivity index (χ1n) is 4.68. The van der Waals surface area contributed by atoms with E-state index in [1.165, 1.54) is 0 Å². The van der Waals surface area contributed by atoms with Gasteiger partial charge in [0.05, 0.1) is 12.0 Å². The van der Waals surface area contributed by atoms with E-state index in [2.05, 4.69) is 22.4 Å². The first kappa shape index (κ1) is 9.02. The SMILES string of the molecule is CCNC(c1ccn[nH]1)c1ccco1. The summed E-state index contributed by atoms with van der Waals surface area (Å²) < 4.78 is 5.36. The maximum absolute atomic E-state index is 5.36. The average molecular weight is 191 g/mol. The van der Waals surface area contributed by atoms with Gasteiger partial charge < -0.3 is 9.73 Å². The Kier molecular flexibility index (Phi) is 2.65. The summed E-state index contributed by atoms with van der Waals surface area (Å²) >= 11 is 0. The maximum atomic E-state index is 5.36. The molecule has 1 unspecified atom stereocenters. The average Bonchev–Trinajstić information content (AvgIpc) is 2.87. The lowest BCUT2D eigenvalue weighted by Crippen LogP contribution is -2.21. The summed E-state index contributed by atoms with van der Waals surface area (Å²) in [7, 11) is 0. The number of nitrogens with one attached hydrogen (secondary N) is 2. The fourth-order valence-electron chi connectivity index (χ4n) is 1.45. The Morgan fingerprint density at radius 2 is 2.50 bits per heavy atom. The first-order valence-corrected chi connectivity index (χ1v) is 4.68. The highest BCUT2D eigenvalue weighted by Gasteiger charge is 2.16. The minimum atomic E-state index is 0.0671. The summed E-state index contributed by atoms with van der Waals surface area (Å²) in [6.07, 6.45) is 3.42. The van der Waals surface area contributed by atoms with E-state index in [9.17, 15) is 0 Å². The highest BCUT2D eigenvalue weighted by Crippen LogP contribution is 2.19. The number of aromatic amines is 1. The molecule has 4 heteroatoms. The van der Waals surface area contributed by atoms with E-state index >= 15 is 0 Å². The molecule has 2 aromatic heterocycles. The molecule has 0 fully saturated rings. The van der Waals surface area contributed by atoms with E-state index in [1.54, 1.807) is 12.5 Å². The Balaban J connectivity index is 2.25. The smallest absolute Gasteiger partial charge is 0.126 e. The summed E-state index contributed by atoms with van der Waals surface area (Å²) in [4.78, 5) is 0. The van der Waals surface area contributed by atoms with Gasteiger partial charge in [-0.3, -0.25) is 5.10 Å². The van der Waals surface area contributed by atoms with Crippen molar-refractivity contribution in [2.24, 2.45) is 0 Å². The van der Waals surface area contributed by atoms with Crippen molar-refractivity contribution in [1.82, 2.24) is 15.5 Å². The van der Waals surface area contributed by atoms with Crippen molar-refractivity contribution in [2.75, 3.05) is 6.54 Å². The predicted octanol–water partition coefficient (Wildman–Crippen LogP) is 1.70. The predicted molar refractivity (Wildman–Crippen MR) is 52.8 cm³/mol. The molecule has 2 N–H and O–H groups in total. The molecule has 0 radical (unpaired) electrons. The Bertz CT molecular complexity index is 318. The maximum Gasteiger partial charge on any atom is 0.126 e. The highest BCUT2D eigenvalue weighted by atomic mass is 16.3. The molecule has 2 heterocycles. The molecule has 0 aliphatic heterocycles. The standard InChI is InChI=1S/C10H13N3O/c1-2-11-10(8-5-6-12-13-8)9-4-3-7-14-9/h3-7,10-11H,2H2,1H3,(H,12,13). The largest absolute Gasteiger partial charge is 0.467 e. The van der Waals surface area contributed by atoms with E-state index in [4.69, 9.17) is 4.42 Å². The summed E-state index contributed by atoms with van der Waals surface area (Å²) in [5, 5.41) is 10.2. The molecule has 2 rings (SSSR count). The van der Waals surface area contributed by atoms with Crippen molar-refractivity contribution in [3.05, 3.63) is 42.1 Å². The summed E-state index contributed by atoms with van der Waals surface area (Å²) in [5.41, 5.74) is 1.02. The van der Waals surface area contributed by atoms with Crippen LogP contribution in [0, 0.1) is 0 Å². The van der Waals surface area contributed by atoms with Crippen LogP contribution in [0.5, 0.6) is 0 Å². The monoisotopic (exact) mass is 191 g/mol. The zero-order valence-electron chi connectivity index (χ0n) is 8.03. The lowest BCUT2D eigenvalue weighted by atomic mass is 10.1. The topological polar surface area (TPSA) is 53.9 Å². The number of furan rings is 1. The van der Waals surface area contributed by atoms with Crippen LogP contribution >= 0.6 is 0 Å². The minimum Gasteiger partial charge on any atom is -0.467 e. The van der Waals surface area contributed by atoms with Gasteiger partial charge in [0.15, 0.2) is 0 Å². The number of rotatable bonds is 4. The molecule has 0 saturated heterocycles. The number of H-pyrrole nitrogens is 1. The molecule has 0 bridgehead atoms. The Morgan fingerprint density at radius 3 is 3.07 bits per heavy atom. The summed E-state index contributed by atoms with van der Waals surface area (Å²) in [5.74, 6) is 0.899. The number of nitrogens with zero attached hydrogens (tertiary/aromatic N) is 1. The molecule has 14 heavy (non-hydrogen) atoms. The Labute approximate surface area is 82.3 Å². The van der Waals surface area contributed by atoms with Crippen LogP contribution in [0.2, 0.25) is 0 Å². The summed E-state index contributed by atoms with van der Waals surface area (Å²) in [6, 6.07) is 5.84. The quantitative estimate of drug-likeness (QED) is 0.773. The minimum absolute atomic E-state index is 0.0671. The number of hydrogen-bond acceptors (Lipinski definition) is 3. The van der Waals surface area contributed by atoms with E-state index in [0.717, 1.165) is 18.0 Å². The van der Waals surface area contributed by atoms with Crippen molar-refractivity contribution in [1.29, 1.82) is 0 Å². The normalized spacial score (nSPS) is 12.9. The molecular formula is C10H13N3O. The second-order valence-electron chi connectivity index (χ2n) is 3.02. The third-order valence-electron chi connectivity index (χ3n) is 2.07. The molecular weight excluding hydrogens is 178 g/mol. The van der Waals surface area contributed by atoms with Gasteiger partial charge in [-0.1, -0.05) is 6.92 Å². The van der Waals surface area contributed by atoms with Gasteiger partial charge in [-0.15, -0.1) is 0 Å². The van der Waals surface area contributed by atoms with E-state index < -0.39 is 0 Å². The zero-order valence-corrected chi connectivity index (χ0v) is 8.03. The molecule has 2 aromatic rings. The van der Waals surface area contributed by atoms with Gasteiger partial charge in [-0.05, 0) is 24.7 Å². The van der Waals surface area contributed by atoms with Crippen molar-refractivity contribution in [2.45, 2.75) is 13.0 Å². The van der Waals surface area contributed by atoms with Gasteiger partial charge in [0.2, 0.25) is 0 Å². The van der Waals surface area contributed by atoms with Crippen molar-refractivity contribution < 1.29 is 4.42 Å². The molecule has 0 aliphatic carbocycles. The molecule has 0 aromatic carbocycles. The second kappa shape index (κ2) is 4.11. The van der Waals surface area contributed by atoms with Gasteiger partial charge in [0.1, 0.15) is 11.8 Å². The Morgan fingerprint density at radius 1 is 1.57 bits per heavy atom. The molecule has 4 nitrogen and oxygen atoms in total. The molecule has 74 valence electrons. The van der Waals surface area contributed by atoms with Crippen LogP contribution < -0.4 is 5.32 Å². The first-order chi connectivity index (χ1) is 6.92. The second-order valence-corrected chi connectivity index (χ2v) is 3.02. The van der Waals surface area contributed by atoms with Crippen LogP contribution in [0.1, 0.15) is 24.4 Å². The number of hydrogen-bond donors (Lipinski definition) is 2. The van der Waals surface area contributed by atoms with E-state index in [-0.39, 0.29) is 6.04 Å². The molecule has 1 atom stereocenters. The lowest BCUT2D eigenvalue weighted by molar-refractivity contribution is 0.447. The summed E-state index contributed by atoms with van der Waals surface area (Å²) in [6.45, 7) is 2.94. The molecule has 0 aliphatic rings. The van der Waals surface area contributed by atoms with Crippen LogP contribution in [-0.2, 0) is 0 Å². The molecule has 0 saturated carbocycles. The fourth-order valence-corrected chi connectivity index (χ4v) is 1.45. The zero-order chi connectivity index (χ0) is 9.80. The Hall–Kier alpha value is -1.55.